The molecule has 0 bridgehead atoms. The van der Waals surface area contributed by atoms with Gasteiger partial charge in [0, 0.05) is 31.4 Å². The van der Waals surface area contributed by atoms with Gasteiger partial charge in [-0.2, -0.15) is 23.4 Å². The van der Waals surface area contributed by atoms with Crippen LogP contribution < -0.4 is 0 Å². The van der Waals surface area contributed by atoms with Crippen molar-refractivity contribution in [3.05, 3.63) is 65.5 Å². The van der Waals surface area contributed by atoms with E-state index in [4.69, 9.17) is 0 Å². The van der Waals surface area contributed by atoms with Crippen LogP contribution >= 0.6 is 0 Å². The standard InChI is InChI=1S/C22H21F5N6O/c1-13-3-2-10-32(17(13)6-7-18-28-11-14(12-29-18)22(25,26)27)21(34)19-15(23)4-5-16(24)20(19)33-30-8-9-31-33/h4-5,8-9,11-13,17H,2-3,6-7,10H2,1H3/t13-,17-/m1/s1. The fourth-order valence-electron chi connectivity index (χ4n) is 4.26. The Bertz CT molecular complexity index is 1150. The van der Waals surface area contributed by atoms with Gasteiger partial charge in [-0.05, 0) is 37.3 Å². The third-order valence-corrected chi connectivity index (χ3v) is 5.98. The van der Waals surface area contributed by atoms with E-state index in [1.807, 2.05) is 6.92 Å². The highest BCUT2D eigenvalue weighted by atomic mass is 19.4. The Morgan fingerprint density at radius 1 is 1.09 bits per heavy atom. The van der Waals surface area contributed by atoms with Gasteiger partial charge in [0.15, 0.2) is 5.82 Å². The average Bonchev–Trinajstić information content (AvgIpc) is 3.33. The van der Waals surface area contributed by atoms with Gasteiger partial charge in [-0.1, -0.05) is 6.92 Å². The summed E-state index contributed by atoms with van der Waals surface area (Å²) in [6.07, 6.45) is 1.54. The summed E-state index contributed by atoms with van der Waals surface area (Å²) in [6.45, 7) is 2.26. The van der Waals surface area contributed by atoms with Gasteiger partial charge in [-0.3, -0.25) is 4.79 Å². The molecule has 7 nitrogen and oxygen atoms in total. The SMILES string of the molecule is C[C@@H]1CCCN(C(=O)c2c(F)ccc(F)c2-n2nccn2)[C@@H]1CCc1ncc(C(F)(F)F)cn1. The van der Waals surface area contributed by atoms with E-state index in [0.29, 0.717) is 19.4 Å². The summed E-state index contributed by atoms with van der Waals surface area (Å²) >= 11 is 0. The molecule has 1 amide bonds. The van der Waals surface area contributed by atoms with Crippen LogP contribution in [-0.4, -0.2) is 48.4 Å². The number of hydrogen-bond donors (Lipinski definition) is 0. The highest BCUT2D eigenvalue weighted by Gasteiger charge is 2.36. The van der Waals surface area contributed by atoms with Crippen molar-refractivity contribution in [2.45, 2.75) is 44.8 Å². The molecule has 2 aromatic heterocycles. The zero-order valence-electron chi connectivity index (χ0n) is 18.1. The number of piperidine rings is 1. The molecule has 1 aromatic carbocycles. The largest absolute Gasteiger partial charge is 0.419 e. The second-order valence-electron chi connectivity index (χ2n) is 8.18. The Labute approximate surface area is 191 Å². The van der Waals surface area contributed by atoms with E-state index >= 15 is 0 Å². The molecular weight excluding hydrogens is 459 g/mol. The lowest BCUT2D eigenvalue weighted by molar-refractivity contribution is -0.138. The molecule has 1 aliphatic heterocycles. The van der Waals surface area contributed by atoms with Gasteiger partial charge in [0.05, 0.1) is 18.0 Å². The summed E-state index contributed by atoms with van der Waals surface area (Å²) in [5.41, 5.74) is -1.79. The van der Waals surface area contributed by atoms with Gasteiger partial charge < -0.3 is 4.90 Å². The number of carbonyl (C=O) groups excluding carboxylic acids is 1. The van der Waals surface area contributed by atoms with Crippen LogP contribution in [0.2, 0.25) is 0 Å². The first kappa shape index (κ1) is 23.7. The normalized spacial score (nSPS) is 18.8. The molecule has 0 aliphatic carbocycles. The van der Waals surface area contributed by atoms with E-state index in [9.17, 15) is 26.7 Å². The molecule has 3 heterocycles. The van der Waals surface area contributed by atoms with Crippen molar-refractivity contribution < 1.29 is 26.7 Å². The lowest BCUT2D eigenvalue weighted by atomic mass is 9.87. The summed E-state index contributed by atoms with van der Waals surface area (Å²) in [6, 6.07) is 1.42. The van der Waals surface area contributed by atoms with E-state index in [2.05, 4.69) is 20.2 Å². The number of amides is 1. The van der Waals surface area contributed by atoms with Gasteiger partial charge in [0.25, 0.3) is 5.91 Å². The first-order valence-electron chi connectivity index (χ1n) is 10.7. The van der Waals surface area contributed by atoms with Crippen molar-refractivity contribution in [3.63, 3.8) is 0 Å². The van der Waals surface area contributed by atoms with Crippen LogP contribution in [-0.2, 0) is 12.6 Å². The van der Waals surface area contributed by atoms with Crippen LogP contribution in [0.1, 0.15) is 47.9 Å². The highest BCUT2D eigenvalue weighted by Crippen LogP contribution is 2.31. The minimum absolute atomic E-state index is 0.0232. The fraction of sp³-hybridized carbons (Fsp3) is 0.409. The van der Waals surface area contributed by atoms with Crippen molar-refractivity contribution in [2.24, 2.45) is 5.92 Å². The Morgan fingerprint density at radius 3 is 2.38 bits per heavy atom. The smallest absolute Gasteiger partial charge is 0.335 e. The summed E-state index contributed by atoms with van der Waals surface area (Å²) < 4.78 is 67.7. The molecule has 34 heavy (non-hydrogen) atoms. The number of halogens is 5. The van der Waals surface area contributed by atoms with Gasteiger partial charge in [0.2, 0.25) is 0 Å². The first-order valence-corrected chi connectivity index (χ1v) is 10.7. The molecule has 0 N–H and O–H groups in total. The first-order chi connectivity index (χ1) is 16.2. The fourth-order valence-corrected chi connectivity index (χ4v) is 4.26. The Kier molecular flexibility index (Phi) is 6.58. The van der Waals surface area contributed by atoms with Crippen molar-refractivity contribution in [3.8, 4) is 5.69 Å². The Hall–Kier alpha value is -3.44. The Balaban J connectivity index is 1.60. The molecule has 1 aliphatic rings. The van der Waals surface area contributed by atoms with E-state index in [-0.39, 0.29) is 29.9 Å². The van der Waals surface area contributed by atoms with Crippen molar-refractivity contribution in [1.29, 1.82) is 0 Å². The number of nitrogens with zero attached hydrogens (tertiary/aromatic N) is 6. The number of aromatic nitrogens is 5. The van der Waals surface area contributed by atoms with E-state index < -0.39 is 34.8 Å². The number of rotatable bonds is 5. The van der Waals surface area contributed by atoms with Gasteiger partial charge >= 0.3 is 6.18 Å². The van der Waals surface area contributed by atoms with Gasteiger partial charge in [0.1, 0.15) is 22.9 Å². The summed E-state index contributed by atoms with van der Waals surface area (Å²) in [5, 5.41) is 7.68. The monoisotopic (exact) mass is 480 g/mol. The lowest BCUT2D eigenvalue weighted by Crippen LogP contribution is -2.48. The molecule has 180 valence electrons. The summed E-state index contributed by atoms with van der Waals surface area (Å²) in [5.74, 6) is -2.22. The number of likely N-dealkylation sites (tertiary alicyclic amines) is 1. The molecule has 1 fully saturated rings. The number of carbonyl (C=O) groups is 1. The number of alkyl halides is 3. The van der Waals surface area contributed by atoms with Crippen LogP contribution in [0.4, 0.5) is 22.0 Å². The van der Waals surface area contributed by atoms with Gasteiger partial charge in [-0.25, -0.2) is 18.7 Å². The average molecular weight is 480 g/mol. The molecule has 0 spiro atoms. The molecular formula is C22H21F5N6O. The summed E-state index contributed by atoms with van der Waals surface area (Å²) in [4.78, 5) is 23.4. The summed E-state index contributed by atoms with van der Waals surface area (Å²) in [7, 11) is 0. The molecule has 0 radical (unpaired) electrons. The van der Waals surface area contributed by atoms with Crippen molar-refractivity contribution >= 4 is 5.91 Å². The minimum Gasteiger partial charge on any atom is -0.335 e. The number of benzene rings is 1. The number of hydrogen-bond acceptors (Lipinski definition) is 5. The molecule has 0 saturated carbocycles. The second kappa shape index (κ2) is 9.43. The van der Waals surface area contributed by atoms with E-state index in [1.165, 1.54) is 17.3 Å². The lowest BCUT2D eigenvalue weighted by Gasteiger charge is -2.40. The highest BCUT2D eigenvalue weighted by molar-refractivity contribution is 5.98. The van der Waals surface area contributed by atoms with Crippen LogP contribution in [0, 0.1) is 17.6 Å². The molecule has 4 rings (SSSR count). The third-order valence-electron chi connectivity index (χ3n) is 5.98. The van der Waals surface area contributed by atoms with E-state index in [1.54, 1.807) is 0 Å². The molecule has 0 unspecified atom stereocenters. The molecule has 12 heteroatoms. The maximum atomic E-state index is 14.8. The molecule has 2 atom stereocenters. The quantitative estimate of drug-likeness (QED) is 0.511. The van der Waals surface area contributed by atoms with Crippen molar-refractivity contribution in [2.75, 3.05) is 6.54 Å². The van der Waals surface area contributed by atoms with E-state index in [0.717, 1.165) is 35.7 Å². The zero-order chi connectivity index (χ0) is 24.5. The molecule has 1 saturated heterocycles. The van der Waals surface area contributed by atoms with Crippen LogP contribution in [0.3, 0.4) is 0 Å². The number of aryl methyl sites for hydroxylation is 1. The van der Waals surface area contributed by atoms with Gasteiger partial charge in [-0.15, -0.1) is 4.80 Å². The predicted octanol–water partition coefficient (Wildman–Crippen LogP) is 4.23. The minimum atomic E-state index is -4.53. The van der Waals surface area contributed by atoms with Crippen LogP contribution in [0.25, 0.3) is 5.69 Å². The second-order valence-corrected chi connectivity index (χ2v) is 8.18. The third kappa shape index (κ3) is 4.75. The Morgan fingerprint density at radius 2 is 1.74 bits per heavy atom. The maximum absolute atomic E-state index is 14.8. The van der Waals surface area contributed by atoms with Crippen LogP contribution in [0.15, 0.2) is 36.9 Å². The maximum Gasteiger partial charge on any atom is 0.419 e. The predicted molar refractivity (Wildman–Crippen MR) is 110 cm³/mol. The van der Waals surface area contributed by atoms with Crippen LogP contribution in [0.5, 0.6) is 0 Å². The molecule has 3 aromatic rings. The van der Waals surface area contributed by atoms with Crippen molar-refractivity contribution in [1.82, 2.24) is 29.9 Å². The topological polar surface area (TPSA) is 76.8 Å². The zero-order valence-corrected chi connectivity index (χ0v) is 18.1.